The Balaban J connectivity index is 1.74. The molecule has 1 amide bonds. The predicted molar refractivity (Wildman–Crippen MR) is 76.4 cm³/mol. The number of nitrogens with one attached hydrogen (secondary N) is 2. The van der Waals surface area contributed by atoms with E-state index in [-0.39, 0.29) is 24.5 Å². The van der Waals surface area contributed by atoms with Crippen molar-refractivity contribution in [1.29, 1.82) is 0 Å². The maximum atomic E-state index is 12.3. The number of aliphatic hydroxyl groups excluding tert-OH is 1. The average molecular weight is 273 g/mol. The van der Waals surface area contributed by atoms with Crippen molar-refractivity contribution in [1.82, 2.24) is 15.5 Å². The zero-order valence-corrected chi connectivity index (χ0v) is 11.3. The van der Waals surface area contributed by atoms with Crippen molar-refractivity contribution in [2.75, 3.05) is 6.61 Å². The molecule has 1 aliphatic rings. The third kappa shape index (κ3) is 2.54. The van der Waals surface area contributed by atoms with Crippen LogP contribution in [0, 0.1) is 5.92 Å². The summed E-state index contributed by atoms with van der Waals surface area (Å²) in [4.78, 5) is 12.3. The Bertz CT molecular complexity index is 608. The van der Waals surface area contributed by atoms with Gasteiger partial charge >= 0.3 is 0 Å². The van der Waals surface area contributed by atoms with Crippen LogP contribution >= 0.6 is 0 Å². The van der Waals surface area contributed by atoms with Crippen molar-refractivity contribution < 1.29 is 9.90 Å². The van der Waals surface area contributed by atoms with Crippen molar-refractivity contribution in [2.45, 2.75) is 31.7 Å². The molecule has 3 N–H and O–H groups in total. The van der Waals surface area contributed by atoms with Gasteiger partial charge in [0.25, 0.3) is 5.91 Å². The van der Waals surface area contributed by atoms with E-state index >= 15 is 0 Å². The van der Waals surface area contributed by atoms with Gasteiger partial charge in [-0.05, 0) is 31.0 Å². The molecule has 20 heavy (non-hydrogen) atoms. The van der Waals surface area contributed by atoms with Crippen LogP contribution in [-0.2, 0) is 0 Å². The van der Waals surface area contributed by atoms with Crippen LogP contribution in [0.1, 0.15) is 36.0 Å². The van der Waals surface area contributed by atoms with Crippen molar-refractivity contribution in [3.8, 4) is 0 Å². The lowest BCUT2D eigenvalue weighted by Crippen LogP contribution is -2.43. The van der Waals surface area contributed by atoms with Crippen LogP contribution in [0.15, 0.2) is 24.4 Å². The van der Waals surface area contributed by atoms with Gasteiger partial charge in [0.15, 0.2) is 0 Å². The Hall–Kier alpha value is -1.88. The second kappa shape index (κ2) is 5.63. The molecule has 0 spiro atoms. The number of aliphatic hydroxyl groups is 1. The molecule has 1 fully saturated rings. The van der Waals surface area contributed by atoms with Crippen LogP contribution in [0.5, 0.6) is 0 Å². The lowest BCUT2D eigenvalue weighted by molar-refractivity contribution is 0.0873. The van der Waals surface area contributed by atoms with Gasteiger partial charge in [-0.15, -0.1) is 0 Å². The van der Waals surface area contributed by atoms with Gasteiger partial charge in [-0.1, -0.05) is 12.8 Å². The number of hydrogen-bond donors (Lipinski definition) is 3. The summed E-state index contributed by atoms with van der Waals surface area (Å²) in [7, 11) is 0. The maximum Gasteiger partial charge on any atom is 0.251 e. The Kier molecular flexibility index (Phi) is 3.69. The molecule has 1 aliphatic carbocycles. The fourth-order valence-corrected chi connectivity index (χ4v) is 2.95. The average Bonchev–Trinajstić information content (AvgIpc) is 2.95. The molecule has 0 radical (unpaired) electrons. The number of benzene rings is 1. The lowest BCUT2D eigenvalue weighted by Gasteiger charge is -2.30. The highest BCUT2D eigenvalue weighted by molar-refractivity contribution is 5.98. The summed E-state index contributed by atoms with van der Waals surface area (Å²) in [6, 6.07) is 5.58. The lowest BCUT2D eigenvalue weighted by atomic mass is 9.85. The maximum absolute atomic E-state index is 12.3. The molecule has 2 atom stereocenters. The van der Waals surface area contributed by atoms with Gasteiger partial charge in [-0.25, -0.2) is 0 Å². The van der Waals surface area contributed by atoms with Gasteiger partial charge in [0, 0.05) is 29.5 Å². The Morgan fingerprint density at radius 2 is 2.25 bits per heavy atom. The van der Waals surface area contributed by atoms with E-state index in [2.05, 4.69) is 15.5 Å². The third-order valence-electron chi connectivity index (χ3n) is 4.16. The number of aromatic amines is 1. The molecule has 0 aliphatic heterocycles. The smallest absolute Gasteiger partial charge is 0.251 e. The van der Waals surface area contributed by atoms with Crippen LogP contribution in [0.2, 0.25) is 0 Å². The monoisotopic (exact) mass is 273 g/mol. The SMILES string of the molecule is O=C(N[C@@H]1CCCC[C@H]1CO)c1ccc2[nH]ncc2c1. The van der Waals surface area contributed by atoms with Crippen LogP contribution in [-0.4, -0.2) is 33.9 Å². The molecule has 1 heterocycles. The zero-order valence-electron chi connectivity index (χ0n) is 11.3. The first-order valence-electron chi connectivity index (χ1n) is 7.13. The van der Waals surface area contributed by atoms with Crippen LogP contribution in [0.3, 0.4) is 0 Å². The highest BCUT2D eigenvalue weighted by Crippen LogP contribution is 2.24. The molecular weight excluding hydrogens is 254 g/mol. The number of rotatable bonds is 3. The van der Waals surface area contributed by atoms with Gasteiger partial charge in [-0.3, -0.25) is 9.89 Å². The molecule has 3 rings (SSSR count). The van der Waals surface area contributed by atoms with Gasteiger partial charge in [-0.2, -0.15) is 5.10 Å². The number of H-pyrrole nitrogens is 1. The molecule has 1 aromatic carbocycles. The standard InChI is InChI=1S/C15H19N3O2/c19-9-11-3-1-2-4-13(11)17-15(20)10-5-6-14-12(7-10)8-16-18-14/h5-8,11,13,19H,1-4,9H2,(H,16,18)(H,17,20)/t11-,13+/m0/s1. The topological polar surface area (TPSA) is 78.0 Å². The first-order valence-corrected chi connectivity index (χ1v) is 7.13. The summed E-state index contributed by atoms with van der Waals surface area (Å²) < 4.78 is 0. The van der Waals surface area contributed by atoms with Gasteiger partial charge in [0.05, 0.1) is 11.7 Å². The number of amides is 1. The molecule has 0 bridgehead atoms. The van der Waals surface area contributed by atoms with E-state index in [9.17, 15) is 9.90 Å². The minimum atomic E-state index is -0.0709. The number of fused-ring (bicyclic) bond motifs is 1. The second-order valence-electron chi connectivity index (χ2n) is 5.48. The Morgan fingerprint density at radius 1 is 1.40 bits per heavy atom. The summed E-state index contributed by atoms with van der Waals surface area (Å²) >= 11 is 0. The van der Waals surface area contributed by atoms with E-state index < -0.39 is 0 Å². The number of nitrogens with zero attached hydrogens (tertiary/aromatic N) is 1. The molecule has 2 aromatic rings. The van der Waals surface area contributed by atoms with E-state index in [4.69, 9.17) is 0 Å². The number of hydrogen-bond acceptors (Lipinski definition) is 3. The minimum Gasteiger partial charge on any atom is -0.396 e. The van der Waals surface area contributed by atoms with E-state index in [0.717, 1.165) is 36.6 Å². The van der Waals surface area contributed by atoms with Crippen molar-refractivity contribution in [3.63, 3.8) is 0 Å². The zero-order chi connectivity index (χ0) is 13.9. The molecule has 0 saturated heterocycles. The Labute approximate surface area is 117 Å². The second-order valence-corrected chi connectivity index (χ2v) is 5.48. The normalized spacial score (nSPS) is 22.9. The van der Waals surface area contributed by atoms with Crippen LogP contribution in [0.4, 0.5) is 0 Å². The first kappa shape index (κ1) is 13.1. The van der Waals surface area contributed by atoms with Crippen LogP contribution < -0.4 is 5.32 Å². The van der Waals surface area contributed by atoms with Crippen LogP contribution in [0.25, 0.3) is 10.9 Å². The fraction of sp³-hybridized carbons (Fsp3) is 0.467. The largest absolute Gasteiger partial charge is 0.396 e. The summed E-state index contributed by atoms with van der Waals surface area (Å²) in [6.45, 7) is 0.145. The fourth-order valence-electron chi connectivity index (χ4n) is 2.95. The van der Waals surface area contributed by atoms with Crippen molar-refractivity contribution in [2.24, 2.45) is 5.92 Å². The quantitative estimate of drug-likeness (QED) is 0.798. The summed E-state index contributed by atoms with van der Waals surface area (Å²) in [6.07, 6.45) is 5.90. The van der Waals surface area contributed by atoms with Gasteiger partial charge in [0.1, 0.15) is 0 Å². The molecule has 106 valence electrons. The summed E-state index contributed by atoms with van der Waals surface area (Å²) in [5.74, 6) is 0.115. The molecular formula is C15H19N3O2. The molecule has 1 aromatic heterocycles. The molecule has 0 unspecified atom stereocenters. The number of aromatic nitrogens is 2. The van der Waals surface area contributed by atoms with Crippen molar-refractivity contribution >= 4 is 16.8 Å². The molecule has 5 heteroatoms. The van der Waals surface area contributed by atoms with E-state index in [1.165, 1.54) is 0 Å². The first-order chi connectivity index (χ1) is 9.78. The highest BCUT2D eigenvalue weighted by atomic mass is 16.3. The number of carbonyl (C=O) groups is 1. The van der Waals surface area contributed by atoms with Crippen molar-refractivity contribution in [3.05, 3.63) is 30.0 Å². The molecule has 1 saturated carbocycles. The van der Waals surface area contributed by atoms with Gasteiger partial charge < -0.3 is 10.4 Å². The summed E-state index contributed by atoms with van der Waals surface area (Å²) in [5.41, 5.74) is 1.56. The highest BCUT2D eigenvalue weighted by Gasteiger charge is 2.26. The van der Waals surface area contributed by atoms with E-state index in [0.29, 0.717) is 5.56 Å². The third-order valence-corrected chi connectivity index (χ3v) is 4.16. The van der Waals surface area contributed by atoms with E-state index in [1.54, 1.807) is 12.3 Å². The predicted octanol–water partition coefficient (Wildman–Crippen LogP) is 1.84. The number of carbonyl (C=O) groups excluding carboxylic acids is 1. The summed E-state index contributed by atoms with van der Waals surface area (Å²) in [5, 5.41) is 20.2. The van der Waals surface area contributed by atoms with E-state index in [1.807, 2.05) is 12.1 Å². The minimum absolute atomic E-state index is 0.0709. The molecule has 5 nitrogen and oxygen atoms in total. The van der Waals surface area contributed by atoms with Gasteiger partial charge in [0.2, 0.25) is 0 Å². The Morgan fingerprint density at radius 3 is 3.10 bits per heavy atom.